The minimum atomic E-state index is 0.308. The lowest BCUT2D eigenvalue weighted by Gasteiger charge is -2.29. The maximum absolute atomic E-state index is 6.12. The first-order valence-electron chi connectivity index (χ1n) is 6.80. The third kappa shape index (κ3) is 2.77. The van der Waals surface area contributed by atoms with Gasteiger partial charge in [-0.15, -0.1) is 0 Å². The summed E-state index contributed by atoms with van der Waals surface area (Å²) in [6, 6.07) is 2.48. The zero-order valence-corrected chi connectivity index (χ0v) is 12.4. The fraction of sp³-hybridized carbons (Fsp3) is 0.714. The Labute approximate surface area is 115 Å². The average molecular weight is 268 g/mol. The molecule has 0 N–H and O–H groups in total. The summed E-state index contributed by atoms with van der Waals surface area (Å²) in [4.78, 5) is 11.4. The molecule has 0 saturated carbocycles. The van der Waals surface area contributed by atoms with Gasteiger partial charge in [0.2, 0.25) is 0 Å². The smallest absolute Gasteiger partial charge is 0.135 e. The molecule has 0 radical (unpaired) electrons. The van der Waals surface area contributed by atoms with Crippen LogP contribution in [0.5, 0.6) is 0 Å². The Hall–Kier alpha value is -0.830. The van der Waals surface area contributed by atoms with Crippen LogP contribution in [-0.2, 0) is 0 Å². The molecule has 1 aromatic rings. The van der Waals surface area contributed by atoms with Crippen molar-refractivity contribution in [1.82, 2.24) is 9.97 Å². The molecular formula is C14H22ClN3. The summed E-state index contributed by atoms with van der Waals surface area (Å²) in [6.07, 6.45) is 2.48. The molecule has 1 aromatic heterocycles. The van der Waals surface area contributed by atoms with Gasteiger partial charge in [-0.1, -0.05) is 39.3 Å². The molecule has 0 spiro atoms. The van der Waals surface area contributed by atoms with Crippen LogP contribution < -0.4 is 4.90 Å². The van der Waals surface area contributed by atoms with E-state index in [1.54, 1.807) is 0 Å². The number of hydrogen-bond donors (Lipinski definition) is 0. The zero-order valence-electron chi connectivity index (χ0n) is 11.7. The van der Waals surface area contributed by atoms with Crippen molar-refractivity contribution >= 4 is 17.4 Å². The molecule has 4 heteroatoms. The highest BCUT2D eigenvalue weighted by Gasteiger charge is 2.28. The molecule has 1 atom stereocenters. The van der Waals surface area contributed by atoms with Gasteiger partial charge in [0.25, 0.3) is 0 Å². The van der Waals surface area contributed by atoms with Crippen LogP contribution in [0.15, 0.2) is 6.07 Å². The van der Waals surface area contributed by atoms with Gasteiger partial charge in [-0.2, -0.15) is 0 Å². The topological polar surface area (TPSA) is 29.0 Å². The van der Waals surface area contributed by atoms with E-state index >= 15 is 0 Å². The molecule has 1 aliphatic rings. The van der Waals surface area contributed by atoms with E-state index < -0.39 is 0 Å². The van der Waals surface area contributed by atoms with Crippen LogP contribution in [0.2, 0.25) is 5.15 Å². The number of rotatable bonds is 3. The Bertz CT molecular complexity index is 418. The second-order valence-electron chi connectivity index (χ2n) is 5.71. The summed E-state index contributed by atoms with van der Waals surface area (Å²) < 4.78 is 0. The summed E-state index contributed by atoms with van der Waals surface area (Å²) in [5.41, 5.74) is 0. The van der Waals surface area contributed by atoms with Gasteiger partial charge in [-0.3, -0.25) is 0 Å². The van der Waals surface area contributed by atoms with E-state index in [2.05, 4.69) is 42.6 Å². The Balaban J connectivity index is 2.32. The van der Waals surface area contributed by atoms with Crippen LogP contribution in [0.1, 0.15) is 52.3 Å². The van der Waals surface area contributed by atoms with E-state index in [0.29, 0.717) is 23.0 Å². The molecule has 3 nitrogen and oxygen atoms in total. The molecule has 0 amide bonds. The Kier molecular flexibility index (Phi) is 4.10. The molecular weight excluding hydrogens is 246 g/mol. The van der Waals surface area contributed by atoms with Crippen molar-refractivity contribution in [2.45, 2.75) is 52.5 Å². The molecule has 1 saturated heterocycles. The molecule has 2 heterocycles. The van der Waals surface area contributed by atoms with Crippen molar-refractivity contribution in [3.05, 3.63) is 17.0 Å². The van der Waals surface area contributed by atoms with E-state index in [1.165, 1.54) is 12.8 Å². The third-order valence-electron chi connectivity index (χ3n) is 3.58. The van der Waals surface area contributed by atoms with Crippen LogP contribution in [0.3, 0.4) is 0 Å². The van der Waals surface area contributed by atoms with E-state index in [0.717, 1.165) is 18.2 Å². The van der Waals surface area contributed by atoms with Crippen molar-refractivity contribution in [1.29, 1.82) is 0 Å². The highest BCUT2D eigenvalue weighted by atomic mass is 35.5. The second kappa shape index (κ2) is 5.43. The minimum Gasteiger partial charge on any atom is -0.353 e. The monoisotopic (exact) mass is 267 g/mol. The number of nitrogens with zero attached hydrogens (tertiary/aromatic N) is 3. The van der Waals surface area contributed by atoms with Gasteiger partial charge >= 0.3 is 0 Å². The molecule has 0 aromatic carbocycles. The van der Waals surface area contributed by atoms with E-state index in [4.69, 9.17) is 11.6 Å². The van der Waals surface area contributed by atoms with Gasteiger partial charge in [-0.05, 0) is 18.8 Å². The van der Waals surface area contributed by atoms with Crippen molar-refractivity contribution in [3.63, 3.8) is 0 Å². The van der Waals surface area contributed by atoms with Gasteiger partial charge in [0.15, 0.2) is 0 Å². The highest BCUT2D eigenvalue weighted by molar-refractivity contribution is 6.29. The minimum absolute atomic E-state index is 0.308. The molecule has 0 aliphatic carbocycles. The Morgan fingerprint density at radius 1 is 1.28 bits per heavy atom. The SMILES string of the molecule is CC(C)c1nc(Cl)cc(N2CCCC2C(C)C)n1. The number of aromatic nitrogens is 2. The predicted octanol–water partition coefficient (Wildman–Crippen LogP) is 3.88. The first-order valence-corrected chi connectivity index (χ1v) is 7.18. The molecule has 1 fully saturated rings. The van der Waals surface area contributed by atoms with Crippen LogP contribution in [0.25, 0.3) is 0 Å². The average Bonchev–Trinajstić information content (AvgIpc) is 2.76. The number of anilines is 1. The van der Waals surface area contributed by atoms with Crippen LogP contribution in [0, 0.1) is 5.92 Å². The lowest BCUT2D eigenvalue weighted by atomic mass is 10.0. The normalized spacial score (nSPS) is 20.2. The van der Waals surface area contributed by atoms with Gasteiger partial charge in [0.1, 0.15) is 16.8 Å². The van der Waals surface area contributed by atoms with Gasteiger partial charge < -0.3 is 4.90 Å². The van der Waals surface area contributed by atoms with Crippen LogP contribution in [-0.4, -0.2) is 22.6 Å². The lowest BCUT2D eigenvalue weighted by Crippen LogP contribution is -2.34. The maximum atomic E-state index is 6.12. The van der Waals surface area contributed by atoms with Crippen molar-refractivity contribution in [2.24, 2.45) is 5.92 Å². The van der Waals surface area contributed by atoms with E-state index in [-0.39, 0.29) is 0 Å². The van der Waals surface area contributed by atoms with Crippen molar-refractivity contribution in [2.75, 3.05) is 11.4 Å². The largest absolute Gasteiger partial charge is 0.353 e. The molecule has 18 heavy (non-hydrogen) atoms. The van der Waals surface area contributed by atoms with Crippen LogP contribution >= 0.6 is 11.6 Å². The molecule has 0 bridgehead atoms. The first-order chi connectivity index (χ1) is 8.49. The van der Waals surface area contributed by atoms with Gasteiger partial charge in [0.05, 0.1) is 0 Å². The molecule has 100 valence electrons. The zero-order chi connectivity index (χ0) is 13.3. The molecule has 2 rings (SSSR count). The van der Waals surface area contributed by atoms with Gasteiger partial charge in [-0.25, -0.2) is 9.97 Å². The number of hydrogen-bond acceptors (Lipinski definition) is 3. The summed E-state index contributed by atoms with van der Waals surface area (Å²) in [5.74, 6) is 2.79. The molecule has 1 aliphatic heterocycles. The lowest BCUT2D eigenvalue weighted by molar-refractivity contribution is 0.489. The standard InChI is InChI=1S/C14H22ClN3/c1-9(2)11-6-5-7-18(11)13-8-12(15)16-14(17-13)10(3)4/h8-11H,5-7H2,1-4H3. The summed E-state index contributed by atoms with van der Waals surface area (Å²) in [7, 11) is 0. The predicted molar refractivity (Wildman–Crippen MR) is 76.3 cm³/mol. The van der Waals surface area contributed by atoms with E-state index in [1.807, 2.05) is 6.07 Å². The fourth-order valence-electron chi connectivity index (χ4n) is 2.60. The summed E-state index contributed by atoms with van der Waals surface area (Å²) in [5, 5.41) is 0.554. The Morgan fingerprint density at radius 3 is 2.61 bits per heavy atom. The summed E-state index contributed by atoms with van der Waals surface area (Å²) in [6.45, 7) is 9.82. The fourth-order valence-corrected chi connectivity index (χ4v) is 2.78. The Morgan fingerprint density at radius 2 is 2.00 bits per heavy atom. The second-order valence-corrected chi connectivity index (χ2v) is 6.10. The quantitative estimate of drug-likeness (QED) is 0.779. The van der Waals surface area contributed by atoms with Gasteiger partial charge in [0, 0.05) is 24.6 Å². The van der Waals surface area contributed by atoms with E-state index in [9.17, 15) is 0 Å². The van der Waals surface area contributed by atoms with Crippen LogP contribution in [0.4, 0.5) is 5.82 Å². The summed E-state index contributed by atoms with van der Waals surface area (Å²) >= 11 is 6.12. The molecule has 1 unspecified atom stereocenters. The first kappa shape index (κ1) is 13.6. The van der Waals surface area contributed by atoms with Crippen molar-refractivity contribution in [3.8, 4) is 0 Å². The third-order valence-corrected chi connectivity index (χ3v) is 3.77. The number of halogens is 1. The maximum Gasteiger partial charge on any atom is 0.135 e. The van der Waals surface area contributed by atoms with Crippen molar-refractivity contribution < 1.29 is 0 Å². The highest BCUT2D eigenvalue weighted by Crippen LogP contribution is 2.30.